The summed E-state index contributed by atoms with van der Waals surface area (Å²) in [6.45, 7) is 1.97. The van der Waals surface area contributed by atoms with Crippen LogP contribution >= 0.6 is 0 Å². The van der Waals surface area contributed by atoms with Crippen molar-refractivity contribution in [1.29, 1.82) is 0 Å². The minimum absolute atomic E-state index is 0.0336. The molecule has 1 saturated carbocycles. The number of piperidine rings is 1. The normalized spacial score (nSPS) is 35.1. The minimum Gasteiger partial charge on any atom is -0.317 e. The van der Waals surface area contributed by atoms with Crippen molar-refractivity contribution in [3.8, 4) is 0 Å². The van der Waals surface area contributed by atoms with Gasteiger partial charge in [0, 0.05) is 6.42 Å². The zero-order valence-electron chi connectivity index (χ0n) is 10.8. The molecule has 3 aliphatic rings. The fourth-order valence-electron chi connectivity index (χ4n) is 4.40. The molecule has 3 fully saturated rings. The lowest BCUT2D eigenvalue weighted by molar-refractivity contribution is -0.135. The van der Waals surface area contributed by atoms with Crippen LogP contribution in [0.5, 0.6) is 0 Å². The summed E-state index contributed by atoms with van der Waals surface area (Å²) < 4.78 is 0. The van der Waals surface area contributed by atoms with Crippen LogP contribution in [-0.4, -0.2) is 24.9 Å². The lowest BCUT2D eigenvalue weighted by atomic mass is 9.62. The Morgan fingerprint density at radius 2 is 1.56 bits per heavy atom. The molecule has 3 rings (SSSR count). The molecule has 0 aromatic heterocycles. The van der Waals surface area contributed by atoms with Gasteiger partial charge < -0.3 is 5.32 Å². The molecule has 4 heteroatoms. The van der Waals surface area contributed by atoms with Gasteiger partial charge in [-0.25, -0.2) is 0 Å². The summed E-state index contributed by atoms with van der Waals surface area (Å²) in [6.07, 6.45) is 7.22. The van der Waals surface area contributed by atoms with Gasteiger partial charge in [-0.3, -0.25) is 14.9 Å². The van der Waals surface area contributed by atoms with Crippen molar-refractivity contribution >= 4 is 11.8 Å². The highest BCUT2D eigenvalue weighted by atomic mass is 16.2. The predicted molar refractivity (Wildman–Crippen MR) is 67.8 cm³/mol. The zero-order valence-corrected chi connectivity index (χ0v) is 10.8. The minimum atomic E-state index is -0.365. The van der Waals surface area contributed by atoms with Crippen molar-refractivity contribution < 1.29 is 9.59 Å². The lowest BCUT2D eigenvalue weighted by Gasteiger charge is -2.41. The fraction of sp³-hybridized carbons (Fsp3) is 0.857. The van der Waals surface area contributed by atoms with E-state index in [2.05, 4.69) is 10.6 Å². The summed E-state index contributed by atoms with van der Waals surface area (Å²) in [4.78, 5) is 24.2. The molecule has 1 atom stereocenters. The number of hydrogen-bond donors (Lipinski definition) is 2. The first kappa shape index (κ1) is 12.2. The third-order valence-electron chi connectivity index (χ3n) is 5.28. The molecule has 0 aromatic rings. The van der Waals surface area contributed by atoms with Gasteiger partial charge in [0.15, 0.2) is 0 Å². The van der Waals surface area contributed by atoms with Crippen molar-refractivity contribution in [1.82, 2.24) is 10.6 Å². The van der Waals surface area contributed by atoms with Crippen LogP contribution in [0.2, 0.25) is 0 Å². The van der Waals surface area contributed by atoms with E-state index in [1.807, 2.05) is 0 Å². The zero-order chi connectivity index (χ0) is 12.6. The Kier molecular flexibility index (Phi) is 3.14. The van der Waals surface area contributed by atoms with E-state index in [9.17, 15) is 9.59 Å². The van der Waals surface area contributed by atoms with Gasteiger partial charge in [0.05, 0.1) is 5.41 Å². The molecule has 0 aromatic carbocycles. The van der Waals surface area contributed by atoms with Crippen LogP contribution in [-0.2, 0) is 9.59 Å². The van der Waals surface area contributed by atoms with E-state index in [1.54, 1.807) is 0 Å². The molecule has 0 bridgehead atoms. The van der Waals surface area contributed by atoms with Gasteiger partial charge >= 0.3 is 0 Å². The number of carbonyl (C=O) groups is 2. The molecule has 2 heterocycles. The van der Waals surface area contributed by atoms with Crippen molar-refractivity contribution in [2.24, 2.45) is 17.3 Å². The van der Waals surface area contributed by atoms with E-state index in [4.69, 9.17) is 0 Å². The van der Waals surface area contributed by atoms with Crippen molar-refractivity contribution in [2.75, 3.05) is 13.1 Å². The van der Waals surface area contributed by atoms with Crippen LogP contribution < -0.4 is 10.6 Å². The van der Waals surface area contributed by atoms with Crippen LogP contribution in [0.3, 0.4) is 0 Å². The van der Waals surface area contributed by atoms with Crippen LogP contribution in [0.1, 0.15) is 44.9 Å². The molecule has 0 radical (unpaired) electrons. The maximum atomic E-state index is 12.4. The fourth-order valence-corrected chi connectivity index (χ4v) is 4.40. The van der Waals surface area contributed by atoms with Crippen LogP contribution in [0.15, 0.2) is 0 Å². The molecule has 2 N–H and O–H groups in total. The number of carbonyl (C=O) groups excluding carboxylic acids is 2. The first-order valence-electron chi connectivity index (χ1n) is 7.28. The molecular weight excluding hydrogens is 228 g/mol. The van der Waals surface area contributed by atoms with E-state index in [-0.39, 0.29) is 17.2 Å². The molecule has 1 aliphatic carbocycles. The number of hydrogen-bond acceptors (Lipinski definition) is 3. The second-order valence-corrected chi connectivity index (χ2v) is 6.10. The Bertz CT molecular complexity index is 357. The molecule has 2 amide bonds. The highest BCUT2D eigenvalue weighted by Crippen LogP contribution is 2.52. The van der Waals surface area contributed by atoms with Crippen LogP contribution in [0.4, 0.5) is 0 Å². The monoisotopic (exact) mass is 250 g/mol. The number of imide groups is 1. The van der Waals surface area contributed by atoms with Gasteiger partial charge in [0.25, 0.3) is 0 Å². The average Bonchev–Trinajstić information content (AvgIpc) is 2.99. The standard InChI is InChI=1S/C14H22N2O2/c17-12-9-14(13(18)16-12,10-3-1-2-4-10)11-5-7-15-8-6-11/h10-11,15H,1-9H2,(H,16,17,18). The van der Waals surface area contributed by atoms with Gasteiger partial charge in [-0.2, -0.15) is 0 Å². The Labute approximate surface area is 108 Å². The Morgan fingerprint density at radius 1 is 0.944 bits per heavy atom. The number of amides is 2. The van der Waals surface area contributed by atoms with Crippen molar-refractivity contribution in [3.05, 3.63) is 0 Å². The Balaban J connectivity index is 1.91. The number of rotatable bonds is 2. The van der Waals surface area contributed by atoms with Crippen LogP contribution in [0, 0.1) is 17.3 Å². The highest BCUT2D eigenvalue weighted by Gasteiger charge is 2.56. The SMILES string of the molecule is O=C1CC(C2CCCC2)(C2CCNCC2)C(=O)N1. The van der Waals surface area contributed by atoms with Gasteiger partial charge in [0.2, 0.25) is 11.8 Å². The summed E-state index contributed by atoms with van der Waals surface area (Å²) in [5.41, 5.74) is -0.365. The second-order valence-electron chi connectivity index (χ2n) is 6.10. The average molecular weight is 250 g/mol. The molecule has 18 heavy (non-hydrogen) atoms. The van der Waals surface area contributed by atoms with Crippen molar-refractivity contribution in [3.63, 3.8) is 0 Å². The van der Waals surface area contributed by atoms with E-state index in [0.717, 1.165) is 38.8 Å². The third-order valence-corrected chi connectivity index (χ3v) is 5.28. The maximum absolute atomic E-state index is 12.4. The van der Waals surface area contributed by atoms with E-state index in [1.165, 1.54) is 12.8 Å². The maximum Gasteiger partial charge on any atom is 0.233 e. The summed E-state index contributed by atoms with van der Waals surface area (Å²) in [7, 11) is 0. The second kappa shape index (κ2) is 4.65. The third kappa shape index (κ3) is 1.78. The molecule has 1 unspecified atom stereocenters. The topological polar surface area (TPSA) is 58.2 Å². The van der Waals surface area contributed by atoms with Gasteiger partial charge in [-0.05, 0) is 50.6 Å². The molecule has 2 saturated heterocycles. The lowest BCUT2D eigenvalue weighted by Crippen LogP contribution is -2.47. The largest absolute Gasteiger partial charge is 0.317 e. The van der Waals surface area contributed by atoms with E-state index in [0.29, 0.717) is 18.3 Å². The molecule has 2 aliphatic heterocycles. The molecule has 4 nitrogen and oxygen atoms in total. The summed E-state index contributed by atoms with van der Waals surface area (Å²) in [5, 5.41) is 5.94. The molecular formula is C14H22N2O2. The Morgan fingerprint density at radius 3 is 2.11 bits per heavy atom. The first-order valence-corrected chi connectivity index (χ1v) is 7.28. The summed E-state index contributed by atoms with van der Waals surface area (Å²) in [6, 6.07) is 0. The Hall–Kier alpha value is -0.900. The summed E-state index contributed by atoms with van der Waals surface area (Å²) >= 11 is 0. The van der Waals surface area contributed by atoms with E-state index < -0.39 is 0 Å². The quantitative estimate of drug-likeness (QED) is 0.724. The van der Waals surface area contributed by atoms with Crippen LogP contribution in [0.25, 0.3) is 0 Å². The van der Waals surface area contributed by atoms with Crippen molar-refractivity contribution in [2.45, 2.75) is 44.9 Å². The first-order chi connectivity index (χ1) is 8.73. The molecule has 100 valence electrons. The highest BCUT2D eigenvalue weighted by molar-refractivity contribution is 6.06. The smallest absolute Gasteiger partial charge is 0.233 e. The predicted octanol–water partition coefficient (Wildman–Crippen LogP) is 1.21. The summed E-state index contributed by atoms with van der Waals surface area (Å²) in [5.74, 6) is 0.817. The van der Waals surface area contributed by atoms with Gasteiger partial charge in [0.1, 0.15) is 0 Å². The molecule has 0 spiro atoms. The van der Waals surface area contributed by atoms with Gasteiger partial charge in [-0.1, -0.05) is 12.8 Å². The number of nitrogens with one attached hydrogen (secondary N) is 2. The van der Waals surface area contributed by atoms with Gasteiger partial charge in [-0.15, -0.1) is 0 Å². The van der Waals surface area contributed by atoms with E-state index >= 15 is 0 Å².